The molecule has 0 bridgehead atoms. The first-order chi connectivity index (χ1) is 5.68. The van der Waals surface area contributed by atoms with Gasteiger partial charge in [-0.15, -0.1) is 11.3 Å². The molecule has 12 heavy (non-hydrogen) atoms. The highest BCUT2D eigenvalue weighted by molar-refractivity contribution is 7.11. The molecule has 0 spiro atoms. The second-order valence-corrected chi connectivity index (χ2v) is 4.79. The summed E-state index contributed by atoms with van der Waals surface area (Å²) in [5, 5.41) is 0. The maximum atomic E-state index is 2.25. The molecule has 1 aromatic heterocycles. The van der Waals surface area contributed by atoms with Crippen molar-refractivity contribution in [2.45, 2.75) is 19.8 Å². The highest BCUT2D eigenvalue weighted by atomic mass is 32.1. The number of thiophene rings is 1. The summed E-state index contributed by atoms with van der Waals surface area (Å²) in [7, 11) is 4.25. The van der Waals surface area contributed by atoms with E-state index in [1.165, 1.54) is 29.1 Å². The fourth-order valence-corrected chi connectivity index (χ4v) is 2.12. The Balaban J connectivity index is 2.24. The lowest BCUT2D eigenvalue weighted by molar-refractivity contribution is 0.401. The average Bonchev–Trinajstić information content (AvgIpc) is 2.35. The predicted octanol–water partition coefficient (Wildman–Crippen LogP) is 2.55. The summed E-state index contributed by atoms with van der Waals surface area (Å²) >= 11 is 1.92. The molecule has 2 heteroatoms. The van der Waals surface area contributed by atoms with E-state index < -0.39 is 0 Å². The molecule has 0 aliphatic carbocycles. The van der Waals surface area contributed by atoms with Crippen LogP contribution in [0.15, 0.2) is 12.1 Å². The van der Waals surface area contributed by atoms with Gasteiger partial charge in [0.1, 0.15) is 0 Å². The summed E-state index contributed by atoms with van der Waals surface area (Å²) in [6, 6.07) is 4.45. The molecular formula is C10H17NS. The first kappa shape index (κ1) is 9.75. The summed E-state index contributed by atoms with van der Waals surface area (Å²) in [6.07, 6.45) is 2.50. The smallest absolute Gasteiger partial charge is 0.00485 e. The second-order valence-electron chi connectivity index (χ2n) is 3.42. The lowest BCUT2D eigenvalue weighted by Crippen LogP contribution is -2.13. The van der Waals surface area contributed by atoms with Crippen LogP contribution in [0.5, 0.6) is 0 Å². The SMILES string of the molecule is Cc1ccc(CCCN(C)C)s1. The molecule has 0 unspecified atom stereocenters. The number of nitrogens with zero attached hydrogens (tertiary/aromatic N) is 1. The molecular weight excluding hydrogens is 166 g/mol. The van der Waals surface area contributed by atoms with Crippen LogP contribution in [0.25, 0.3) is 0 Å². The molecule has 1 aromatic rings. The Morgan fingerprint density at radius 1 is 1.33 bits per heavy atom. The van der Waals surface area contributed by atoms with E-state index in [9.17, 15) is 0 Å². The van der Waals surface area contributed by atoms with E-state index >= 15 is 0 Å². The van der Waals surface area contributed by atoms with Crippen molar-refractivity contribution in [3.63, 3.8) is 0 Å². The van der Waals surface area contributed by atoms with Crippen LogP contribution in [0.3, 0.4) is 0 Å². The van der Waals surface area contributed by atoms with Crippen molar-refractivity contribution < 1.29 is 0 Å². The Morgan fingerprint density at radius 2 is 2.08 bits per heavy atom. The number of hydrogen-bond donors (Lipinski definition) is 0. The van der Waals surface area contributed by atoms with Gasteiger partial charge in [0.25, 0.3) is 0 Å². The van der Waals surface area contributed by atoms with Crippen molar-refractivity contribution in [3.8, 4) is 0 Å². The molecule has 0 fully saturated rings. The van der Waals surface area contributed by atoms with Gasteiger partial charge in [-0.25, -0.2) is 0 Å². The van der Waals surface area contributed by atoms with E-state index in [2.05, 4.69) is 38.1 Å². The van der Waals surface area contributed by atoms with Gasteiger partial charge in [-0.05, 0) is 52.5 Å². The van der Waals surface area contributed by atoms with Gasteiger partial charge in [-0.2, -0.15) is 0 Å². The Labute approximate surface area is 79.0 Å². The Morgan fingerprint density at radius 3 is 2.58 bits per heavy atom. The maximum Gasteiger partial charge on any atom is 0.00485 e. The van der Waals surface area contributed by atoms with Gasteiger partial charge in [0.05, 0.1) is 0 Å². The van der Waals surface area contributed by atoms with Crippen LogP contribution in [0.1, 0.15) is 16.2 Å². The molecule has 1 heterocycles. The van der Waals surface area contributed by atoms with Gasteiger partial charge >= 0.3 is 0 Å². The second kappa shape index (κ2) is 4.63. The quantitative estimate of drug-likeness (QED) is 0.693. The minimum absolute atomic E-state index is 1.19. The standard InChI is InChI=1S/C10H17NS/c1-9-6-7-10(12-9)5-4-8-11(2)3/h6-7H,4-5,8H2,1-3H3. The molecule has 0 N–H and O–H groups in total. The zero-order valence-corrected chi connectivity index (χ0v) is 8.95. The summed E-state index contributed by atoms with van der Waals surface area (Å²) in [5.41, 5.74) is 0. The van der Waals surface area contributed by atoms with E-state index in [1.54, 1.807) is 0 Å². The van der Waals surface area contributed by atoms with Crippen molar-refractivity contribution in [1.29, 1.82) is 0 Å². The van der Waals surface area contributed by atoms with Gasteiger partial charge in [-0.1, -0.05) is 0 Å². The van der Waals surface area contributed by atoms with Crippen LogP contribution < -0.4 is 0 Å². The summed E-state index contributed by atoms with van der Waals surface area (Å²) in [4.78, 5) is 5.18. The van der Waals surface area contributed by atoms with Gasteiger partial charge in [0.2, 0.25) is 0 Å². The molecule has 0 saturated carbocycles. The van der Waals surface area contributed by atoms with Crippen molar-refractivity contribution >= 4 is 11.3 Å². The zero-order valence-electron chi connectivity index (χ0n) is 8.13. The topological polar surface area (TPSA) is 3.24 Å². The first-order valence-electron chi connectivity index (χ1n) is 4.38. The maximum absolute atomic E-state index is 2.25. The first-order valence-corrected chi connectivity index (χ1v) is 5.20. The van der Waals surface area contributed by atoms with Gasteiger partial charge < -0.3 is 4.90 Å². The number of hydrogen-bond acceptors (Lipinski definition) is 2. The van der Waals surface area contributed by atoms with Gasteiger partial charge in [-0.3, -0.25) is 0 Å². The normalized spacial score (nSPS) is 11.0. The van der Waals surface area contributed by atoms with E-state index in [4.69, 9.17) is 0 Å². The van der Waals surface area contributed by atoms with Crippen LogP contribution in [-0.2, 0) is 6.42 Å². The molecule has 1 nitrogen and oxygen atoms in total. The monoisotopic (exact) mass is 183 g/mol. The number of aryl methyl sites for hydroxylation is 2. The molecule has 68 valence electrons. The van der Waals surface area contributed by atoms with E-state index in [-0.39, 0.29) is 0 Å². The lowest BCUT2D eigenvalue weighted by atomic mass is 10.2. The van der Waals surface area contributed by atoms with E-state index in [0.717, 1.165) is 0 Å². The molecule has 0 radical (unpaired) electrons. The van der Waals surface area contributed by atoms with Crippen LogP contribution in [0, 0.1) is 6.92 Å². The van der Waals surface area contributed by atoms with Crippen LogP contribution in [0.2, 0.25) is 0 Å². The Kier molecular flexibility index (Phi) is 3.76. The summed E-state index contributed by atoms with van der Waals surface area (Å²) in [5.74, 6) is 0. The molecule has 0 aliphatic heterocycles. The third-order valence-electron chi connectivity index (χ3n) is 1.82. The van der Waals surface area contributed by atoms with E-state index in [1.807, 2.05) is 11.3 Å². The fraction of sp³-hybridized carbons (Fsp3) is 0.600. The molecule has 0 aliphatic rings. The van der Waals surface area contributed by atoms with Crippen molar-refractivity contribution in [2.75, 3.05) is 20.6 Å². The van der Waals surface area contributed by atoms with Crippen LogP contribution in [-0.4, -0.2) is 25.5 Å². The highest BCUT2D eigenvalue weighted by Crippen LogP contribution is 2.16. The lowest BCUT2D eigenvalue weighted by Gasteiger charge is -2.07. The van der Waals surface area contributed by atoms with Crippen molar-refractivity contribution in [3.05, 3.63) is 21.9 Å². The minimum atomic E-state index is 1.19. The van der Waals surface area contributed by atoms with Gasteiger partial charge in [0, 0.05) is 9.75 Å². The molecule has 0 atom stereocenters. The van der Waals surface area contributed by atoms with Crippen molar-refractivity contribution in [1.82, 2.24) is 4.90 Å². The molecule has 0 saturated heterocycles. The average molecular weight is 183 g/mol. The Bertz CT molecular complexity index is 227. The van der Waals surface area contributed by atoms with Crippen LogP contribution in [0.4, 0.5) is 0 Å². The number of rotatable bonds is 4. The summed E-state index contributed by atoms with van der Waals surface area (Å²) in [6.45, 7) is 3.36. The largest absolute Gasteiger partial charge is 0.309 e. The molecule has 1 rings (SSSR count). The third-order valence-corrected chi connectivity index (χ3v) is 2.88. The molecule has 0 amide bonds. The third kappa shape index (κ3) is 3.37. The van der Waals surface area contributed by atoms with Crippen LogP contribution >= 0.6 is 11.3 Å². The summed E-state index contributed by atoms with van der Waals surface area (Å²) < 4.78 is 0. The minimum Gasteiger partial charge on any atom is -0.309 e. The fourth-order valence-electron chi connectivity index (χ4n) is 1.19. The van der Waals surface area contributed by atoms with Crippen molar-refractivity contribution in [2.24, 2.45) is 0 Å². The van der Waals surface area contributed by atoms with Gasteiger partial charge in [0.15, 0.2) is 0 Å². The predicted molar refractivity (Wildman–Crippen MR) is 55.9 cm³/mol. The Hall–Kier alpha value is -0.340. The molecule has 0 aromatic carbocycles. The zero-order chi connectivity index (χ0) is 8.97. The highest BCUT2D eigenvalue weighted by Gasteiger charge is 1.96. The van der Waals surface area contributed by atoms with E-state index in [0.29, 0.717) is 0 Å².